The van der Waals surface area contributed by atoms with Crippen molar-refractivity contribution in [2.24, 2.45) is 0 Å². The van der Waals surface area contributed by atoms with Crippen LogP contribution in [0.4, 0.5) is 5.69 Å². The van der Waals surface area contributed by atoms with Gasteiger partial charge in [0.25, 0.3) is 5.91 Å². The Balaban J connectivity index is 1.72. The van der Waals surface area contributed by atoms with Crippen LogP contribution >= 0.6 is 0 Å². The summed E-state index contributed by atoms with van der Waals surface area (Å²) in [5, 5.41) is 13.4. The van der Waals surface area contributed by atoms with Crippen molar-refractivity contribution in [1.29, 1.82) is 0 Å². The van der Waals surface area contributed by atoms with E-state index in [9.17, 15) is 9.90 Å². The van der Waals surface area contributed by atoms with E-state index >= 15 is 0 Å². The van der Waals surface area contributed by atoms with E-state index in [1.807, 2.05) is 18.2 Å². The van der Waals surface area contributed by atoms with E-state index in [1.165, 1.54) is 5.56 Å². The number of rotatable bonds is 1. The van der Waals surface area contributed by atoms with Crippen LogP contribution in [0.1, 0.15) is 18.4 Å². The maximum atomic E-state index is 12.7. The van der Waals surface area contributed by atoms with Gasteiger partial charge in [0.1, 0.15) is 0 Å². The molecule has 0 atom stereocenters. The predicted molar refractivity (Wildman–Crippen MR) is 78.3 cm³/mol. The van der Waals surface area contributed by atoms with Crippen LogP contribution in [0.25, 0.3) is 0 Å². The van der Waals surface area contributed by atoms with Crippen molar-refractivity contribution >= 4 is 11.6 Å². The van der Waals surface area contributed by atoms with Gasteiger partial charge in [0.05, 0.1) is 0 Å². The van der Waals surface area contributed by atoms with Crippen LogP contribution in [-0.4, -0.2) is 49.5 Å². The number of nitrogens with zero attached hydrogens (tertiary/aromatic N) is 1. The number of fused-ring (bicyclic) bond motifs is 2. The van der Waals surface area contributed by atoms with Crippen molar-refractivity contribution in [1.82, 2.24) is 5.32 Å². The van der Waals surface area contributed by atoms with E-state index in [0.717, 1.165) is 31.7 Å². The first-order chi connectivity index (χ1) is 10.1. The molecule has 4 rings (SSSR count). The number of benzene rings is 1. The third-order valence-electron chi connectivity index (χ3n) is 5.16. The molecule has 2 fully saturated rings. The molecule has 1 amide bonds. The number of nitrogens with one attached hydrogen (secondary N) is 1. The summed E-state index contributed by atoms with van der Waals surface area (Å²) in [5.41, 5.74) is 0.962. The second-order valence-electron chi connectivity index (χ2n) is 6.44. The van der Waals surface area contributed by atoms with E-state index in [0.29, 0.717) is 19.6 Å². The fourth-order valence-corrected chi connectivity index (χ4v) is 3.77. The summed E-state index contributed by atoms with van der Waals surface area (Å²) >= 11 is 0. The zero-order valence-electron chi connectivity index (χ0n) is 12.0. The summed E-state index contributed by atoms with van der Waals surface area (Å²) < 4.78 is 5.50. The van der Waals surface area contributed by atoms with Gasteiger partial charge in [-0.2, -0.15) is 0 Å². The molecular weight excluding hydrogens is 268 g/mol. The van der Waals surface area contributed by atoms with E-state index in [-0.39, 0.29) is 11.3 Å². The van der Waals surface area contributed by atoms with Crippen LogP contribution in [-0.2, 0) is 14.9 Å². The molecule has 3 aliphatic rings. The minimum atomic E-state index is -1.23. The number of amides is 1. The third kappa shape index (κ3) is 1.84. The molecule has 21 heavy (non-hydrogen) atoms. The Bertz CT molecular complexity index is 577. The van der Waals surface area contributed by atoms with Crippen LogP contribution in [0.5, 0.6) is 0 Å². The fourth-order valence-electron chi connectivity index (χ4n) is 3.77. The smallest absolute Gasteiger partial charge is 0.261 e. The molecule has 5 heteroatoms. The van der Waals surface area contributed by atoms with Crippen molar-refractivity contribution in [3.63, 3.8) is 0 Å². The molecule has 0 bridgehead atoms. The van der Waals surface area contributed by atoms with Crippen molar-refractivity contribution in [2.75, 3.05) is 37.7 Å². The Labute approximate surface area is 123 Å². The number of hydrogen-bond acceptors (Lipinski definition) is 4. The van der Waals surface area contributed by atoms with Gasteiger partial charge in [-0.1, -0.05) is 18.2 Å². The lowest BCUT2D eigenvalue weighted by molar-refractivity contribution is -0.141. The summed E-state index contributed by atoms with van der Waals surface area (Å²) in [6.45, 7) is 2.84. The van der Waals surface area contributed by atoms with Gasteiger partial charge in [0.2, 0.25) is 0 Å². The summed E-state index contributed by atoms with van der Waals surface area (Å²) in [7, 11) is 0. The minimum absolute atomic E-state index is 0.00195. The average Bonchev–Trinajstić information content (AvgIpc) is 2.80. The van der Waals surface area contributed by atoms with Gasteiger partial charge in [-0.25, -0.2) is 0 Å². The zero-order valence-corrected chi connectivity index (χ0v) is 12.0. The summed E-state index contributed by atoms with van der Waals surface area (Å²) in [6.07, 6.45) is 1.87. The van der Waals surface area contributed by atoms with E-state index in [2.05, 4.69) is 11.4 Å². The highest BCUT2D eigenvalue weighted by Gasteiger charge is 2.51. The SMILES string of the molecule is O=C(N1CC2(CCOCC2)c2ccccc21)C1(O)CNC1. The minimum Gasteiger partial charge on any atom is -0.381 e. The molecule has 5 nitrogen and oxygen atoms in total. The topological polar surface area (TPSA) is 61.8 Å². The van der Waals surface area contributed by atoms with Crippen LogP contribution in [0.15, 0.2) is 24.3 Å². The average molecular weight is 288 g/mol. The lowest BCUT2D eigenvalue weighted by Crippen LogP contribution is -2.68. The van der Waals surface area contributed by atoms with Gasteiger partial charge in [-0.3, -0.25) is 4.79 Å². The number of β-amino-alcohol motifs (C(OH)–C–C–N with tert-alkyl or cyclic N) is 1. The highest BCUT2D eigenvalue weighted by Crippen LogP contribution is 2.47. The van der Waals surface area contributed by atoms with Crippen molar-refractivity contribution < 1.29 is 14.6 Å². The lowest BCUT2D eigenvalue weighted by Gasteiger charge is -2.40. The van der Waals surface area contributed by atoms with Gasteiger partial charge in [0, 0.05) is 44.0 Å². The monoisotopic (exact) mass is 288 g/mol. The quantitative estimate of drug-likeness (QED) is 0.786. The summed E-state index contributed by atoms with van der Waals surface area (Å²) in [6, 6.07) is 8.11. The molecule has 2 N–H and O–H groups in total. The first-order valence-electron chi connectivity index (χ1n) is 7.57. The number of para-hydroxylation sites is 1. The number of carbonyl (C=O) groups is 1. The normalized spacial score (nSPS) is 25.5. The van der Waals surface area contributed by atoms with E-state index in [4.69, 9.17) is 4.74 Å². The first kappa shape index (κ1) is 13.2. The molecular formula is C16H20N2O3. The summed E-state index contributed by atoms with van der Waals surface area (Å²) in [5.74, 6) is -0.169. The highest BCUT2D eigenvalue weighted by atomic mass is 16.5. The Morgan fingerprint density at radius 3 is 2.62 bits per heavy atom. The zero-order chi connectivity index (χ0) is 14.5. The Hall–Kier alpha value is -1.43. The second kappa shape index (κ2) is 4.53. The molecule has 2 saturated heterocycles. The number of anilines is 1. The maximum absolute atomic E-state index is 12.7. The van der Waals surface area contributed by atoms with Gasteiger partial charge in [0.15, 0.2) is 5.60 Å². The number of carbonyl (C=O) groups excluding carboxylic acids is 1. The molecule has 0 unspecified atom stereocenters. The molecule has 1 aromatic carbocycles. The molecule has 0 saturated carbocycles. The van der Waals surface area contributed by atoms with Crippen molar-refractivity contribution in [3.8, 4) is 0 Å². The van der Waals surface area contributed by atoms with Crippen LogP contribution in [0, 0.1) is 0 Å². The predicted octanol–water partition coefficient (Wildman–Crippen LogP) is 0.416. The van der Waals surface area contributed by atoms with Gasteiger partial charge >= 0.3 is 0 Å². The van der Waals surface area contributed by atoms with Crippen LogP contribution in [0.3, 0.4) is 0 Å². The molecule has 1 aromatic rings. The fraction of sp³-hybridized carbons (Fsp3) is 0.562. The lowest BCUT2D eigenvalue weighted by atomic mass is 9.76. The third-order valence-corrected chi connectivity index (χ3v) is 5.16. The summed E-state index contributed by atoms with van der Waals surface area (Å²) in [4.78, 5) is 14.5. The number of aliphatic hydroxyl groups is 1. The van der Waals surface area contributed by atoms with Crippen LogP contribution < -0.4 is 10.2 Å². The molecule has 3 aliphatic heterocycles. The first-order valence-corrected chi connectivity index (χ1v) is 7.57. The Morgan fingerprint density at radius 2 is 1.95 bits per heavy atom. The second-order valence-corrected chi connectivity index (χ2v) is 6.44. The largest absolute Gasteiger partial charge is 0.381 e. The highest BCUT2D eigenvalue weighted by molar-refractivity contribution is 6.02. The molecule has 0 aliphatic carbocycles. The standard InChI is InChI=1S/C16H20N2O3/c19-14(16(20)9-17-10-16)18-11-15(5-7-21-8-6-15)12-3-1-2-4-13(12)18/h1-4,17,20H,5-11H2. The molecule has 0 radical (unpaired) electrons. The molecule has 0 aromatic heterocycles. The molecule has 112 valence electrons. The number of ether oxygens (including phenoxy) is 1. The van der Waals surface area contributed by atoms with Crippen molar-refractivity contribution in [2.45, 2.75) is 23.9 Å². The maximum Gasteiger partial charge on any atom is 0.261 e. The van der Waals surface area contributed by atoms with E-state index in [1.54, 1.807) is 4.90 Å². The van der Waals surface area contributed by atoms with Gasteiger partial charge in [-0.05, 0) is 24.5 Å². The van der Waals surface area contributed by atoms with Gasteiger partial charge < -0.3 is 20.1 Å². The molecule has 1 spiro atoms. The van der Waals surface area contributed by atoms with Crippen molar-refractivity contribution in [3.05, 3.63) is 29.8 Å². The number of hydrogen-bond donors (Lipinski definition) is 2. The van der Waals surface area contributed by atoms with Crippen LogP contribution in [0.2, 0.25) is 0 Å². The molecule has 3 heterocycles. The Morgan fingerprint density at radius 1 is 1.24 bits per heavy atom. The Kier molecular flexibility index (Phi) is 2.86. The van der Waals surface area contributed by atoms with E-state index < -0.39 is 5.60 Å². The van der Waals surface area contributed by atoms with Gasteiger partial charge in [-0.15, -0.1) is 0 Å².